The Bertz CT molecular complexity index is 946. The summed E-state index contributed by atoms with van der Waals surface area (Å²) in [6, 6.07) is 27.5. The van der Waals surface area contributed by atoms with Crippen molar-refractivity contribution in [2.45, 2.75) is 12.8 Å². The first kappa shape index (κ1) is 17.9. The molecule has 28 heavy (non-hydrogen) atoms. The number of rotatable bonds is 7. The van der Waals surface area contributed by atoms with Crippen LogP contribution in [0.2, 0.25) is 0 Å². The van der Waals surface area contributed by atoms with Crippen molar-refractivity contribution < 1.29 is 0 Å². The molecule has 2 aromatic heterocycles. The molecule has 0 spiro atoms. The predicted octanol–water partition coefficient (Wildman–Crippen LogP) is 5.45. The largest absolute Gasteiger partial charge is 0.339 e. The van der Waals surface area contributed by atoms with E-state index >= 15 is 0 Å². The molecule has 4 aromatic rings. The lowest BCUT2D eigenvalue weighted by atomic mass is 9.97. The van der Waals surface area contributed by atoms with E-state index in [0.717, 1.165) is 30.8 Å². The van der Waals surface area contributed by atoms with E-state index in [9.17, 15) is 0 Å². The van der Waals surface area contributed by atoms with E-state index in [0.29, 0.717) is 0 Å². The number of hydrogen-bond acceptors (Lipinski definition) is 3. The molecular formula is C25H23N3. The molecule has 2 heterocycles. The van der Waals surface area contributed by atoms with Gasteiger partial charge < -0.3 is 4.90 Å². The van der Waals surface area contributed by atoms with Crippen molar-refractivity contribution in [3.05, 3.63) is 120 Å². The Morgan fingerprint density at radius 3 is 1.82 bits per heavy atom. The van der Waals surface area contributed by atoms with E-state index in [1.165, 1.54) is 16.7 Å². The molecule has 3 heteroatoms. The van der Waals surface area contributed by atoms with Crippen molar-refractivity contribution in [1.82, 2.24) is 9.97 Å². The highest BCUT2D eigenvalue weighted by Crippen LogP contribution is 2.24. The van der Waals surface area contributed by atoms with Gasteiger partial charge in [-0.15, -0.1) is 0 Å². The molecule has 0 atom stereocenters. The fourth-order valence-electron chi connectivity index (χ4n) is 3.46. The summed E-state index contributed by atoms with van der Waals surface area (Å²) in [7, 11) is 0. The monoisotopic (exact) mass is 365 g/mol. The van der Waals surface area contributed by atoms with Gasteiger partial charge in [0.25, 0.3) is 0 Å². The van der Waals surface area contributed by atoms with E-state index in [2.05, 4.69) is 81.6 Å². The summed E-state index contributed by atoms with van der Waals surface area (Å²) in [5, 5.41) is 0. The molecule has 0 unspecified atom stereocenters. The van der Waals surface area contributed by atoms with Crippen LogP contribution >= 0.6 is 0 Å². The highest BCUT2D eigenvalue weighted by molar-refractivity contribution is 5.61. The molecule has 0 amide bonds. The third-order valence-corrected chi connectivity index (χ3v) is 4.88. The average Bonchev–Trinajstić information content (AvgIpc) is 2.77. The molecule has 2 aromatic carbocycles. The number of hydrogen-bond donors (Lipinski definition) is 0. The van der Waals surface area contributed by atoms with Gasteiger partial charge in [-0.05, 0) is 53.8 Å². The Hall–Kier alpha value is -3.46. The van der Waals surface area contributed by atoms with E-state index < -0.39 is 0 Å². The maximum atomic E-state index is 4.30. The normalized spacial score (nSPS) is 10.6. The van der Waals surface area contributed by atoms with E-state index in [-0.39, 0.29) is 0 Å². The zero-order valence-electron chi connectivity index (χ0n) is 15.8. The summed E-state index contributed by atoms with van der Waals surface area (Å²) in [6.45, 7) is 0.864. The van der Waals surface area contributed by atoms with Gasteiger partial charge in [-0.25, -0.2) is 0 Å². The third kappa shape index (κ3) is 4.44. The first-order chi connectivity index (χ1) is 13.9. The number of pyridine rings is 2. The van der Waals surface area contributed by atoms with Crippen LogP contribution in [-0.4, -0.2) is 16.5 Å². The van der Waals surface area contributed by atoms with Crippen LogP contribution in [0.4, 0.5) is 11.4 Å². The van der Waals surface area contributed by atoms with E-state index in [1.807, 2.05) is 24.5 Å². The molecule has 3 nitrogen and oxygen atoms in total. The molecule has 0 radical (unpaired) electrons. The molecule has 138 valence electrons. The van der Waals surface area contributed by atoms with Crippen LogP contribution in [0.25, 0.3) is 0 Å². The van der Waals surface area contributed by atoms with Gasteiger partial charge in [0.15, 0.2) is 0 Å². The van der Waals surface area contributed by atoms with Gasteiger partial charge in [0.1, 0.15) is 0 Å². The van der Waals surface area contributed by atoms with Crippen molar-refractivity contribution in [3.63, 3.8) is 0 Å². The number of benzene rings is 2. The van der Waals surface area contributed by atoms with E-state index in [1.54, 1.807) is 12.4 Å². The SMILES string of the molecule is c1ccc(Cc2ccccc2CCN(c2cccnc2)c2cccnc2)cc1. The highest BCUT2D eigenvalue weighted by atomic mass is 15.1. The highest BCUT2D eigenvalue weighted by Gasteiger charge is 2.11. The first-order valence-corrected chi connectivity index (χ1v) is 9.58. The summed E-state index contributed by atoms with van der Waals surface area (Å²) < 4.78 is 0. The zero-order chi connectivity index (χ0) is 19.0. The van der Waals surface area contributed by atoms with Gasteiger partial charge in [-0.2, -0.15) is 0 Å². The quantitative estimate of drug-likeness (QED) is 0.436. The van der Waals surface area contributed by atoms with E-state index in [4.69, 9.17) is 0 Å². The lowest BCUT2D eigenvalue weighted by molar-refractivity contribution is 0.895. The first-order valence-electron chi connectivity index (χ1n) is 9.58. The number of aromatic nitrogens is 2. The topological polar surface area (TPSA) is 29.0 Å². The molecule has 0 N–H and O–H groups in total. The van der Waals surface area contributed by atoms with Crippen LogP contribution in [0.1, 0.15) is 16.7 Å². The molecule has 4 rings (SSSR count). The molecule has 0 fully saturated rings. The number of nitrogens with zero attached hydrogens (tertiary/aromatic N) is 3. The van der Waals surface area contributed by atoms with Crippen molar-refractivity contribution in [2.75, 3.05) is 11.4 Å². The summed E-state index contributed by atoms with van der Waals surface area (Å²) >= 11 is 0. The summed E-state index contributed by atoms with van der Waals surface area (Å²) in [4.78, 5) is 10.9. The minimum absolute atomic E-state index is 0.864. The second-order valence-corrected chi connectivity index (χ2v) is 6.76. The van der Waals surface area contributed by atoms with Gasteiger partial charge in [0, 0.05) is 18.9 Å². The maximum absolute atomic E-state index is 4.30. The van der Waals surface area contributed by atoms with Crippen molar-refractivity contribution in [1.29, 1.82) is 0 Å². The fraction of sp³-hybridized carbons (Fsp3) is 0.120. The molecule has 0 aliphatic rings. The fourth-order valence-corrected chi connectivity index (χ4v) is 3.46. The van der Waals surface area contributed by atoms with Crippen LogP contribution < -0.4 is 4.90 Å². The molecule has 0 saturated heterocycles. The average molecular weight is 365 g/mol. The predicted molar refractivity (Wildman–Crippen MR) is 115 cm³/mol. The lowest BCUT2D eigenvalue weighted by Gasteiger charge is -2.25. The van der Waals surface area contributed by atoms with Gasteiger partial charge in [0.2, 0.25) is 0 Å². The summed E-state index contributed by atoms with van der Waals surface area (Å²) in [5.41, 5.74) is 6.26. The second-order valence-electron chi connectivity index (χ2n) is 6.76. The van der Waals surface area contributed by atoms with Crippen LogP contribution in [0.15, 0.2) is 104 Å². The standard InChI is InChI=1S/C25H23N3/c1-2-8-21(9-3-1)18-23-11-5-4-10-22(23)14-17-28(24-12-6-15-26-19-24)25-13-7-16-27-20-25/h1-13,15-16,19-20H,14,17-18H2. The van der Waals surface area contributed by atoms with Gasteiger partial charge in [-0.1, -0.05) is 54.6 Å². The Morgan fingerprint density at radius 1 is 0.607 bits per heavy atom. The Morgan fingerprint density at radius 2 is 1.21 bits per heavy atom. The molecule has 0 aliphatic carbocycles. The van der Waals surface area contributed by atoms with Crippen LogP contribution in [0, 0.1) is 0 Å². The number of anilines is 2. The Labute approximate surface area is 166 Å². The van der Waals surface area contributed by atoms with Crippen LogP contribution in [-0.2, 0) is 12.8 Å². The lowest BCUT2D eigenvalue weighted by Crippen LogP contribution is -2.21. The Balaban J connectivity index is 1.56. The van der Waals surface area contributed by atoms with Gasteiger partial charge >= 0.3 is 0 Å². The van der Waals surface area contributed by atoms with Crippen LogP contribution in [0.5, 0.6) is 0 Å². The van der Waals surface area contributed by atoms with Crippen molar-refractivity contribution in [3.8, 4) is 0 Å². The smallest absolute Gasteiger partial charge is 0.0597 e. The molecular weight excluding hydrogens is 342 g/mol. The molecule has 0 bridgehead atoms. The maximum Gasteiger partial charge on any atom is 0.0597 e. The molecule has 0 saturated carbocycles. The summed E-state index contributed by atoms with van der Waals surface area (Å²) in [6.07, 6.45) is 9.33. The minimum Gasteiger partial charge on any atom is -0.339 e. The van der Waals surface area contributed by atoms with Crippen molar-refractivity contribution >= 4 is 11.4 Å². The second kappa shape index (κ2) is 8.96. The van der Waals surface area contributed by atoms with Gasteiger partial charge in [0.05, 0.1) is 23.8 Å². The van der Waals surface area contributed by atoms with Crippen LogP contribution in [0.3, 0.4) is 0 Å². The third-order valence-electron chi connectivity index (χ3n) is 4.88. The van der Waals surface area contributed by atoms with Crippen molar-refractivity contribution in [2.24, 2.45) is 0 Å². The summed E-state index contributed by atoms with van der Waals surface area (Å²) in [5.74, 6) is 0. The molecule has 0 aliphatic heterocycles. The zero-order valence-corrected chi connectivity index (χ0v) is 15.8. The Kier molecular flexibility index (Phi) is 5.74. The van der Waals surface area contributed by atoms with Gasteiger partial charge in [-0.3, -0.25) is 9.97 Å². The minimum atomic E-state index is 0.864.